The molecule has 76 valence electrons. The molecule has 0 spiro atoms. The lowest BCUT2D eigenvalue weighted by Crippen LogP contribution is -2.01. The van der Waals surface area contributed by atoms with Crippen LogP contribution in [0.2, 0.25) is 0 Å². The second kappa shape index (κ2) is 3.73. The third-order valence-electron chi connectivity index (χ3n) is 2.62. The standard InChI is InChI=1S/C13H14N2/c1-3-9(2)13(14)11-4-5-12-10(8-11)6-7-15-12/h4-8,14-15H,2-3H2,1H3. The SMILES string of the molecule is C=C(CC)C(=N)c1ccc2[nH]ccc2c1. The highest BCUT2D eigenvalue weighted by molar-refractivity contribution is 6.11. The van der Waals surface area contributed by atoms with Crippen LogP contribution in [-0.4, -0.2) is 10.7 Å². The highest BCUT2D eigenvalue weighted by Gasteiger charge is 2.05. The molecule has 15 heavy (non-hydrogen) atoms. The summed E-state index contributed by atoms with van der Waals surface area (Å²) in [7, 11) is 0. The fourth-order valence-corrected chi connectivity index (χ4v) is 1.59. The van der Waals surface area contributed by atoms with Crippen molar-refractivity contribution in [2.75, 3.05) is 0 Å². The van der Waals surface area contributed by atoms with Crippen LogP contribution >= 0.6 is 0 Å². The lowest BCUT2D eigenvalue weighted by atomic mass is 10.0. The van der Waals surface area contributed by atoms with Crippen LogP contribution in [0.1, 0.15) is 18.9 Å². The number of allylic oxidation sites excluding steroid dienone is 1. The zero-order chi connectivity index (χ0) is 10.8. The summed E-state index contributed by atoms with van der Waals surface area (Å²) in [5.41, 5.74) is 3.47. The Morgan fingerprint density at radius 3 is 2.93 bits per heavy atom. The van der Waals surface area contributed by atoms with Crippen LogP contribution in [-0.2, 0) is 0 Å². The van der Waals surface area contributed by atoms with Crippen LogP contribution in [0.25, 0.3) is 10.9 Å². The number of H-pyrrole nitrogens is 1. The monoisotopic (exact) mass is 198 g/mol. The molecule has 0 atom stereocenters. The maximum absolute atomic E-state index is 7.95. The molecule has 0 fully saturated rings. The van der Waals surface area contributed by atoms with E-state index in [0.717, 1.165) is 28.5 Å². The van der Waals surface area contributed by atoms with Crippen molar-refractivity contribution in [1.82, 2.24) is 4.98 Å². The van der Waals surface area contributed by atoms with Gasteiger partial charge in [-0.3, -0.25) is 0 Å². The Morgan fingerprint density at radius 1 is 1.40 bits per heavy atom. The fourth-order valence-electron chi connectivity index (χ4n) is 1.59. The Kier molecular flexibility index (Phi) is 2.42. The molecule has 0 unspecified atom stereocenters. The smallest absolute Gasteiger partial charge is 0.0638 e. The van der Waals surface area contributed by atoms with Gasteiger partial charge in [-0.2, -0.15) is 0 Å². The van der Waals surface area contributed by atoms with Gasteiger partial charge in [0.05, 0.1) is 5.71 Å². The minimum absolute atomic E-state index is 0.542. The van der Waals surface area contributed by atoms with E-state index in [1.807, 2.05) is 37.4 Å². The third-order valence-corrected chi connectivity index (χ3v) is 2.62. The lowest BCUT2D eigenvalue weighted by molar-refractivity contribution is 1.17. The van der Waals surface area contributed by atoms with Gasteiger partial charge in [0.25, 0.3) is 0 Å². The van der Waals surface area contributed by atoms with Gasteiger partial charge in [0.2, 0.25) is 0 Å². The van der Waals surface area contributed by atoms with Crippen molar-refractivity contribution in [1.29, 1.82) is 5.41 Å². The highest BCUT2D eigenvalue weighted by Crippen LogP contribution is 2.17. The van der Waals surface area contributed by atoms with Gasteiger partial charge in [0.1, 0.15) is 0 Å². The first-order valence-electron chi connectivity index (χ1n) is 5.06. The summed E-state index contributed by atoms with van der Waals surface area (Å²) in [6.45, 7) is 5.90. The second-order valence-corrected chi connectivity index (χ2v) is 3.61. The van der Waals surface area contributed by atoms with Crippen molar-refractivity contribution in [3.63, 3.8) is 0 Å². The van der Waals surface area contributed by atoms with Crippen molar-refractivity contribution >= 4 is 16.6 Å². The van der Waals surface area contributed by atoms with Gasteiger partial charge in [-0.25, -0.2) is 0 Å². The van der Waals surface area contributed by atoms with E-state index in [-0.39, 0.29) is 0 Å². The predicted octanol–water partition coefficient (Wildman–Crippen LogP) is 3.50. The van der Waals surface area contributed by atoms with Crippen molar-refractivity contribution in [3.05, 3.63) is 48.2 Å². The Labute approximate surface area is 89.1 Å². The Hall–Kier alpha value is -1.83. The van der Waals surface area contributed by atoms with Gasteiger partial charge >= 0.3 is 0 Å². The Bertz CT molecular complexity index is 520. The molecule has 1 aromatic carbocycles. The minimum Gasteiger partial charge on any atom is -0.361 e. The Morgan fingerprint density at radius 2 is 2.20 bits per heavy atom. The first-order chi connectivity index (χ1) is 7.22. The van der Waals surface area contributed by atoms with E-state index >= 15 is 0 Å². The van der Waals surface area contributed by atoms with E-state index in [0.29, 0.717) is 5.71 Å². The van der Waals surface area contributed by atoms with Crippen molar-refractivity contribution in [3.8, 4) is 0 Å². The molecule has 2 aromatic rings. The minimum atomic E-state index is 0.542. The van der Waals surface area contributed by atoms with Gasteiger partial charge in [-0.05, 0) is 30.2 Å². The molecule has 0 bridgehead atoms. The van der Waals surface area contributed by atoms with E-state index < -0.39 is 0 Å². The van der Waals surface area contributed by atoms with Gasteiger partial charge < -0.3 is 10.4 Å². The maximum Gasteiger partial charge on any atom is 0.0638 e. The summed E-state index contributed by atoms with van der Waals surface area (Å²) >= 11 is 0. The summed E-state index contributed by atoms with van der Waals surface area (Å²) in [6.07, 6.45) is 2.73. The molecule has 0 saturated carbocycles. The molecule has 0 saturated heterocycles. The van der Waals surface area contributed by atoms with Gasteiger partial charge in [-0.15, -0.1) is 0 Å². The largest absolute Gasteiger partial charge is 0.361 e. The second-order valence-electron chi connectivity index (χ2n) is 3.61. The molecule has 0 amide bonds. The number of aromatic nitrogens is 1. The molecule has 2 rings (SSSR count). The number of hydrogen-bond donors (Lipinski definition) is 2. The van der Waals surface area contributed by atoms with Crippen LogP contribution in [0.5, 0.6) is 0 Å². The summed E-state index contributed by atoms with van der Waals surface area (Å²) in [6, 6.07) is 8.00. The zero-order valence-corrected chi connectivity index (χ0v) is 8.80. The number of fused-ring (bicyclic) bond motifs is 1. The lowest BCUT2D eigenvalue weighted by Gasteiger charge is -2.05. The van der Waals surface area contributed by atoms with Gasteiger partial charge in [-0.1, -0.05) is 19.6 Å². The molecule has 0 aliphatic rings. The summed E-state index contributed by atoms with van der Waals surface area (Å²) in [5, 5.41) is 9.09. The van der Waals surface area contributed by atoms with Crippen LogP contribution in [0, 0.1) is 5.41 Å². The topological polar surface area (TPSA) is 39.6 Å². The molecule has 2 N–H and O–H groups in total. The number of rotatable bonds is 3. The molecule has 1 aromatic heterocycles. The van der Waals surface area contributed by atoms with E-state index in [2.05, 4.69) is 11.6 Å². The van der Waals surface area contributed by atoms with Gasteiger partial charge in [0, 0.05) is 22.7 Å². The van der Waals surface area contributed by atoms with Crippen LogP contribution in [0.4, 0.5) is 0 Å². The zero-order valence-electron chi connectivity index (χ0n) is 8.80. The third kappa shape index (κ3) is 1.71. The Balaban J connectivity index is 2.44. The molecule has 0 aliphatic carbocycles. The van der Waals surface area contributed by atoms with E-state index in [9.17, 15) is 0 Å². The van der Waals surface area contributed by atoms with Crippen LogP contribution < -0.4 is 0 Å². The van der Waals surface area contributed by atoms with Crippen LogP contribution in [0.3, 0.4) is 0 Å². The molecule has 0 radical (unpaired) electrons. The fraction of sp³-hybridized carbons (Fsp3) is 0.154. The van der Waals surface area contributed by atoms with Crippen molar-refractivity contribution < 1.29 is 0 Å². The number of benzene rings is 1. The predicted molar refractivity (Wildman–Crippen MR) is 64.6 cm³/mol. The van der Waals surface area contributed by atoms with Gasteiger partial charge in [0.15, 0.2) is 0 Å². The first-order valence-corrected chi connectivity index (χ1v) is 5.06. The van der Waals surface area contributed by atoms with E-state index in [4.69, 9.17) is 5.41 Å². The number of aromatic amines is 1. The quantitative estimate of drug-likeness (QED) is 0.709. The summed E-state index contributed by atoms with van der Waals surface area (Å²) < 4.78 is 0. The van der Waals surface area contributed by atoms with Crippen LogP contribution in [0.15, 0.2) is 42.6 Å². The number of hydrogen-bond acceptors (Lipinski definition) is 1. The van der Waals surface area contributed by atoms with E-state index in [1.165, 1.54) is 0 Å². The average Bonchev–Trinajstić information content (AvgIpc) is 2.73. The molecular weight excluding hydrogens is 184 g/mol. The maximum atomic E-state index is 7.95. The molecule has 0 aliphatic heterocycles. The molecular formula is C13H14N2. The number of nitrogens with one attached hydrogen (secondary N) is 2. The molecule has 1 heterocycles. The van der Waals surface area contributed by atoms with Crippen molar-refractivity contribution in [2.45, 2.75) is 13.3 Å². The summed E-state index contributed by atoms with van der Waals surface area (Å²) in [4.78, 5) is 3.14. The average molecular weight is 198 g/mol. The summed E-state index contributed by atoms with van der Waals surface area (Å²) in [5.74, 6) is 0. The first kappa shape index (κ1) is 9.71. The van der Waals surface area contributed by atoms with Crippen molar-refractivity contribution in [2.24, 2.45) is 0 Å². The van der Waals surface area contributed by atoms with E-state index in [1.54, 1.807) is 0 Å². The molecule has 2 heteroatoms. The normalized spacial score (nSPS) is 10.5. The molecule has 2 nitrogen and oxygen atoms in total. The highest BCUT2D eigenvalue weighted by atomic mass is 14.7.